The van der Waals surface area contributed by atoms with Crippen LogP contribution in [0.3, 0.4) is 0 Å². The minimum Gasteiger partial charge on any atom is -0.474 e. The first kappa shape index (κ1) is 28.2. The highest BCUT2D eigenvalue weighted by molar-refractivity contribution is 8.18. The van der Waals surface area contributed by atoms with E-state index in [1.165, 1.54) is 61.6 Å². The zero-order valence-corrected chi connectivity index (χ0v) is 21.7. The third kappa shape index (κ3) is 9.99. The third-order valence-corrected chi connectivity index (χ3v) is 9.83. The van der Waals surface area contributed by atoms with Gasteiger partial charge in [-0.15, -0.1) is 11.8 Å². The van der Waals surface area contributed by atoms with Crippen LogP contribution in [0.4, 0.5) is 0 Å². The first-order valence-corrected chi connectivity index (χ1v) is 15.1. The third-order valence-electron chi connectivity index (χ3n) is 6.53. The molecule has 1 heterocycles. The fraction of sp³-hybridized carbons (Fsp3) is 0.833. The molecule has 1 saturated carbocycles. The van der Waals surface area contributed by atoms with Crippen molar-refractivity contribution in [3.63, 3.8) is 0 Å². The first-order chi connectivity index (χ1) is 15.8. The summed E-state index contributed by atoms with van der Waals surface area (Å²) in [7, 11) is -3.54. The van der Waals surface area contributed by atoms with E-state index in [4.69, 9.17) is 0 Å². The molecule has 9 heteroatoms. The standard InChI is InChI=1S/C24H42N2O5S2/c1-2-3-4-5-6-7-8-9-10-13-18-25-33(30,31)22-17-16-21(32-22)19-26(23(27)24(28)29)20-14-11-12-15-20/h17,20-21,25H,2-16,18-19H2,1H3,(H,28,29). The molecule has 1 amide bonds. The van der Waals surface area contributed by atoms with E-state index in [0.717, 1.165) is 44.9 Å². The Morgan fingerprint density at radius 1 is 1.03 bits per heavy atom. The summed E-state index contributed by atoms with van der Waals surface area (Å²) in [5, 5.41) is 9.06. The molecule has 0 bridgehead atoms. The van der Waals surface area contributed by atoms with Crippen molar-refractivity contribution < 1.29 is 23.1 Å². The molecule has 2 rings (SSSR count). The van der Waals surface area contributed by atoms with Gasteiger partial charge in [0, 0.05) is 24.4 Å². The number of hydrogen-bond acceptors (Lipinski definition) is 5. The minimum absolute atomic E-state index is 0.0516. The summed E-state index contributed by atoms with van der Waals surface area (Å²) in [5.41, 5.74) is 0. The number of unbranched alkanes of at least 4 members (excludes halogenated alkanes) is 9. The summed E-state index contributed by atoms with van der Waals surface area (Å²) in [6.45, 7) is 2.94. The zero-order chi connectivity index (χ0) is 24.1. The molecule has 1 aliphatic carbocycles. The summed E-state index contributed by atoms with van der Waals surface area (Å²) in [6.07, 6.45) is 17.9. The van der Waals surface area contributed by atoms with Gasteiger partial charge in [-0.3, -0.25) is 4.79 Å². The maximum Gasteiger partial charge on any atom is 0.394 e. The van der Waals surface area contributed by atoms with E-state index in [2.05, 4.69) is 11.6 Å². The van der Waals surface area contributed by atoms with Crippen molar-refractivity contribution in [3.8, 4) is 0 Å². The molecule has 2 aliphatic rings. The second-order valence-electron chi connectivity index (χ2n) is 9.28. The fourth-order valence-corrected chi connectivity index (χ4v) is 7.53. The number of sulfonamides is 1. The van der Waals surface area contributed by atoms with E-state index in [9.17, 15) is 23.1 Å². The molecule has 7 nitrogen and oxygen atoms in total. The SMILES string of the molecule is CCCCCCCCCCCCNS(=O)(=O)C1=CCC(CN(C(=O)C(=O)O)C2CCCC2)S1. The van der Waals surface area contributed by atoms with E-state index in [0.29, 0.717) is 17.2 Å². The minimum atomic E-state index is -3.54. The molecular formula is C24H42N2O5S2. The molecule has 0 aromatic rings. The van der Waals surface area contributed by atoms with Gasteiger partial charge in [-0.2, -0.15) is 0 Å². The number of amides is 1. The smallest absolute Gasteiger partial charge is 0.394 e. The second kappa shape index (κ2) is 15.0. The lowest BCUT2D eigenvalue weighted by Crippen LogP contribution is -2.45. The molecule has 1 aliphatic heterocycles. The van der Waals surface area contributed by atoms with Crippen molar-refractivity contribution in [2.45, 2.75) is 115 Å². The number of nitrogens with one attached hydrogen (secondary N) is 1. The van der Waals surface area contributed by atoms with Gasteiger partial charge in [0.2, 0.25) is 10.0 Å². The highest BCUT2D eigenvalue weighted by Crippen LogP contribution is 2.37. The summed E-state index contributed by atoms with van der Waals surface area (Å²) in [5.74, 6) is -2.32. The van der Waals surface area contributed by atoms with Crippen LogP contribution in [0.15, 0.2) is 10.3 Å². The number of aliphatic carboxylic acids is 1. The van der Waals surface area contributed by atoms with Crippen molar-refractivity contribution in [3.05, 3.63) is 10.3 Å². The molecular weight excluding hydrogens is 460 g/mol. The topological polar surface area (TPSA) is 104 Å². The molecule has 0 aromatic heterocycles. The number of carbonyl (C=O) groups excluding carboxylic acids is 1. The molecule has 0 radical (unpaired) electrons. The molecule has 1 atom stereocenters. The average molecular weight is 503 g/mol. The van der Waals surface area contributed by atoms with Gasteiger partial charge in [-0.25, -0.2) is 17.9 Å². The maximum atomic E-state index is 12.6. The summed E-state index contributed by atoms with van der Waals surface area (Å²) < 4.78 is 28.3. The van der Waals surface area contributed by atoms with Crippen LogP contribution in [0.25, 0.3) is 0 Å². The Kier molecular flexibility index (Phi) is 12.8. The quantitative estimate of drug-likeness (QED) is 0.227. The van der Waals surface area contributed by atoms with Crippen molar-refractivity contribution in [1.82, 2.24) is 9.62 Å². The number of hydrogen-bond donors (Lipinski definition) is 2. The van der Waals surface area contributed by atoms with Crippen LogP contribution in [-0.2, 0) is 19.6 Å². The van der Waals surface area contributed by atoms with Gasteiger partial charge in [-0.1, -0.05) is 83.6 Å². The molecule has 1 fully saturated rings. The second-order valence-corrected chi connectivity index (χ2v) is 12.6. The van der Waals surface area contributed by atoms with Crippen LogP contribution in [0.2, 0.25) is 0 Å². The van der Waals surface area contributed by atoms with Gasteiger partial charge < -0.3 is 10.0 Å². The van der Waals surface area contributed by atoms with E-state index in [1.807, 2.05) is 0 Å². The monoisotopic (exact) mass is 502 g/mol. The number of carboxylic acids is 1. The van der Waals surface area contributed by atoms with Gasteiger partial charge in [0.25, 0.3) is 0 Å². The van der Waals surface area contributed by atoms with Gasteiger partial charge in [0.15, 0.2) is 0 Å². The summed E-state index contributed by atoms with van der Waals surface area (Å²) in [4.78, 5) is 24.9. The van der Waals surface area contributed by atoms with E-state index in [-0.39, 0.29) is 17.8 Å². The number of nitrogens with zero attached hydrogens (tertiary/aromatic N) is 1. The Morgan fingerprint density at radius 3 is 2.18 bits per heavy atom. The zero-order valence-electron chi connectivity index (χ0n) is 20.1. The van der Waals surface area contributed by atoms with Crippen molar-refractivity contribution >= 4 is 33.7 Å². The molecule has 33 heavy (non-hydrogen) atoms. The number of carbonyl (C=O) groups is 2. The lowest BCUT2D eigenvalue weighted by Gasteiger charge is -2.29. The molecule has 0 saturated heterocycles. The molecule has 2 N–H and O–H groups in total. The maximum absolute atomic E-state index is 12.6. The Labute approximate surface area is 204 Å². The molecule has 0 aromatic carbocycles. The van der Waals surface area contributed by atoms with Crippen LogP contribution in [0.1, 0.15) is 103 Å². The normalized spacial score (nSPS) is 19.1. The number of carboxylic acid groups (broad SMARTS) is 1. The Bertz CT molecular complexity index is 748. The highest BCUT2D eigenvalue weighted by atomic mass is 32.3. The number of rotatable bonds is 16. The summed E-state index contributed by atoms with van der Waals surface area (Å²) in [6, 6.07) is -0.0516. The Morgan fingerprint density at radius 2 is 1.61 bits per heavy atom. The average Bonchev–Trinajstić information content (AvgIpc) is 3.48. The van der Waals surface area contributed by atoms with E-state index >= 15 is 0 Å². The van der Waals surface area contributed by atoms with E-state index < -0.39 is 21.9 Å². The van der Waals surface area contributed by atoms with Crippen LogP contribution in [0.5, 0.6) is 0 Å². The van der Waals surface area contributed by atoms with Gasteiger partial charge in [-0.05, 0) is 25.7 Å². The van der Waals surface area contributed by atoms with Crippen LogP contribution in [0, 0.1) is 0 Å². The highest BCUT2D eigenvalue weighted by Gasteiger charge is 2.35. The van der Waals surface area contributed by atoms with Gasteiger partial charge >= 0.3 is 11.9 Å². The van der Waals surface area contributed by atoms with Gasteiger partial charge in [0.05, 0.1) is 0 Å². The lowest BCUT2D eigenvalue weighted by molar-refractivity contribution is -0.157. The predicted octanol–water partition coefficient (Wildman–Crippen LogP) is 5.03. The van der Waals surface area contributed by atoms with Crippen LogP contribution < -0.4 is 4.72 Å². The number of allylic oxidation sites excluding steroid dienone is 1. The van der Waals surface area contributed by atoms with Crippen molar-refractivity contribution in [2.75, 3.05) is 13.1 Å². The van der Waals surface area contributed by atoms with E-state index in [1.54, 1.807) is 6.08 Å². The fourth-order valence-electron chi connectivity index (χ4n) is 4.62. The molecule has 190 valence electrons. The van der Waals surface area contributed by atoms with Crippen LogP contribution >= 0.6 is 11.8 Å². The Balaban J connectivity index is 1.66. The molecule has 1 unspecified atom stereocenters. The van der Waals surface area contributed by atoms with Crippen LogP contribution in [-0.4, -0.2) is 54.7 Å². The lowest BCUT2D eigenvalue weighted by atomic mass is 10.1. The number of thioether (sulfide) groups is 1. The Hall–Kier alpha value is -1.06. The van der Waals surface area contributed by atoms with Gasteiger partial charge in [0.1, 0.15) is 4.24 Å². The molecule has 0 spiro atoms. The van der Waals surface area contributed by atoms with Crippen molar-refractivity contribution in [1.29, 1.82) is 0 Å². The first-order valence-electron chi connectivity index (χ1n) is 12.8. The summed E-state index contributed by atoms with van der Waals surface area (Å²) >= 11 is 1.24. The largest absolute Gasteiger partial charge is 0.474 e. The predicted molar refractivity (Wildman–Crippen MR) is 134 cm³/mol. The van der Waals surface area contributed by atoms with Crippen molar-refractivity contribution in [2.24, 2.45) is 0 Å².